The van der Waals surface area contributed by atoms with E-state index in [1.54, 1.807) is 24.3 Å². The van der Waals surface area contributed by atoms with Crippen LogP contribution in [0.3, 0.4) is 0 Å². The Kier molecular flexibility index (Phi) is 23.6. The first kappa shape index (κ1) is 29.4. The van der Waals surface area contributed by atoms with E-state index < -0.39 is 34.6 Å². The zero-order valence-electron chi connectivity index (χ0n) is 12.9. The predicted octanol–water partition coefficient (Wildman–Crippen LogP) is -3.10. The fraction of sp³-hybridized carbons (Fsp3) is 0. The average molecular weight is 438 g/mol. The second kappa shape index (κ2) is 20.0. The molecule has 0 saturated carbocycles. The van der Waals surface area contributed by atoms with Gasteiger partial charge in [-0.1, -0.05) is 60.7 Å². The van der Waals surface area contributed by atoms with Gasteiger partial charge >= 0.3 is 25.9 Å². The molecule has 0 aliphatic rings. The van der Waals surface area contributed by atoms with Crippen molar-refractivity contribution in [3.63, 3.8) is 0 Å². The van der Waals surface area contributed by atoms with Gasteiger partial charge < -0.3 is 38.0 Å². The molecule has 0 heterocycles. The first-order valence-electron chi connectivity index (χ1n) is 6.18. The number of hydrogen-bond acceptors (Lipinski definition) is 8. The van der Waals surface area contributed by atoms with Crippen molar-refractivity contribution in [2.45, 2.75) is 0 Å². The largest absolute Gasteiger partial charge is 3.00 e. The second-order valence-corrected chi connectivity index (χ2v) is 6.77. The molecule has 0 amide bonds. The molecule has 0 fully saturated rings. The minimum Gasteiger partial charge on any atom is -0.804 e. The molecule has 2 N–H and O–H groups in total. The van der Waals surface area contributed by atoms with Crippen LogP contribution >= 0.6 is 26.1 Å². The van der Waals surface area contributed by atoms with Gasteiger partial charge in [-0.2, -0.15) is 0 Å². The summed E-state index contributed by atoms with van der Waals surface area (Å²) in [4.78, 5) is 45.7. The smallest absolute Gasteiger partial charge is 0.804 e. The Labute approximate surface area is 161 Å². The van der Waals surface area contributed by atoms with E-state index in [2.05, 4.69) is 0 Å². The van der Waals surface area contributed by atoms with E-state index in [4.69, 9.17) is 28.4 Å². The normalized spacial score (nSPS) is 10.3. The minimum absolute atomic E-state index is 0. The summed E-state index contributed by atoms with van der Waals surface area (Å²) in [5, 5.41) is 1.22. The maximum atomic E-state index is 10.2. The summed E-state index contributed by atoms with van der Waals surface area (Å²) >= 11 is 0. The van der Waals surface area contributed by atoms with E-state index >= 15 is 0 Å². The van der Waals surface area contributed by atoms with Crippen molar-refractivity contribution in [1.29, 1.82) is 0 Å². The summed E-state index contributed by atoms with van der Waals surface area (Å²) in [7, 11) is -8.71. The Morgan fingerprint density at radius 3 is 1.04 bits per heavy atom. The molecule has 0 bridgehead atoms. The Hall–Kier alpha value is -0.321. The van der Waals surface area contributed by atoms with Crippen LogP contribution in [-0.2, 0) is 13.7 Å². The van der Waals surface area contributed by atoms with Gasteiger partial charge in [-0.05, 0) is 36.4 Å². The molecule has 2 aromatic rings. The van der Waals surface area contributed by atoms with Crippen molar-refractivity contribution >= 4 is 62.4 Å². The fourth-order valence-electron chi connectivity index (χ4n) is 1.51. The van der Waals surface area contributed by atoms with Gasteiger partial charge in [0.15, 0.2) is 0 Å². The van der Waals surface area contributed by atoms with Gasteiger partial charge in [-0.3, -0.25) is 0 Å². The molecule has 0 radical (unpaired) electrons. The summed E-state index contributed by atoms with van der Waals surface area (Å²) in [5.41, 5.74) is 0. The Bertz CT molecular complexity index is 521. The number of rotatable bonds is 2. The maximum absolute atomic E-state index is 10.2. The molecule has 3 atom stereocenters. The molecule has 0 spiro atoms. The van der Waals surface area contributed by atoms with Gasteiger partial charge in [0, 0.05) is 0 Å². The monoisotopic (exact) mass is 438 g/mol. The third-order valence-electron chi connectivity index (χ3n) is 2.35. The van der Waals surface area contributed by atoms with Gasteiger partial charge in [0.05, 0.1) is 0 Å². The van der Waals surface area contributed by atoms with Crippen LogP contribution in [0.1, 0.15) is 0 Å². The molecule has 2 rings (SSSR count). The van der Waals surface area contributed by atoms with Crippen LogP contribution < -0.4 is 25.1 Å². The van der Waals surface area contributed by atoms with Crippen molar-refractivity contribution in [3.05, 3.63) is 60.7 Å². The van der Waals surface area contributed by atoms with Crippen LogP contribution in [0.5, 0.6) is 0 Å². The van der Waals surface area contributed by atoms with Crippen molar-refractivity contribution in [3.8, 4) is 0 Å². The van der Waals surface area contributed by atoms with Crippen LogP contribution in [0.15, 0.2) is 60.7 Å². The molecule has 25 heavy (non-hydrogen) atoms. The standard InChI is InChI=1S/C12H12O2Si.Al.3H3O2P/c13-15(14,11-7-3-1-4-8-11)12-9-5-2-6-10-12;;3*1-3-2/h1-10,13-14H;;3*3H2,(H,1,2)/q;+3;;;/p-3. The third-order valence-corrected chi connectivity index (χ3v) is 4.63. The minimum atomic E-state index is -3.46. The van der Waals surface area contributed by atoms with Crippen LogP contribution in [0.25, 0.3) is 0 Å². The second-order valence-electron chi connectivity index (χ2n) is 3.69. The summed E-state index contributed by atoms with van der Waals surface area (Å²) in [6.45, 7) is 0. The van der Waals surface area contributed by atoms with Gasteiger partial charge in [0.1, 0.15) is 0 Å². The predicted molar refractivity (Wildman–Crippen MR) is 99.3 cm³/mol. The van der Waals surface area contributed by atoms with Crippen molar-refractivity contribution < 1.29 is 38.0 Å². The van der Waals surface area contributed by atoms with Crippen LogP contribution in [0.4, 0.5) is 0 Å². The molecular weight excluding hydrogens is 420 g/mol. The number of benzene rings is 2. The van der Waals surface area contributed by atoms with Crippen LogP contribution in [-0.4, -0.2) is 35.5 Å². The summed E-state index contributed by atoms with van der Waals surface area (Å²) in [6.07, 6.45) is 0. The van der Waals surface area contributed by atoms with E-state index in [-0.39, 0.29) is 17.4 Å². The Balaban J connectivity index is -0.000000412. The van der Waals surface area contributed by atoms with E-state index in [0.29, 0.717) is 10.4 Å². The van der Waals surface area contributed by atoms with Crippen LogP contribution in [0, 0.1) is 0 Å². The fourth-order valence-corrected chi connectivity index (χ4v) is 3.16. The van der Waals surface area contributed by atoms with Gasteiger partial charge in [0.2, 0.25) is 0 Å². The molecule has 3 unspecified atom stereocenters. The first-order chi connectivity index (χ1) is 11.5. The Morgan fingerprint density at radius 1 is 0.640 bits per heavy atom. The summed E-state index contributed by atoms with van der Waals surface area (Å²) in [6, 6.07) is 18.0. The molecule has 0 aromatic heterocycles. The SMILES string of the molecule is O=[PH2][O-].O=[PH2][O-].O=[PH2][O-].O[Si](O)(c1ccccc1)c1ccccc1.[Al+3]. The molecular formula is C12H18AlO8P3Si. The maximum Gasteiger partial charge on any atom is 3.00 e. The van der Waals surface area contributed by atoms with Gasteiger partial charge in [-0.25, -0.2) is 0 Å². The molecule has 0 saturated heterocycles. The third kappa shape index (κ3) is 14.5. The van der Waals surface area contributed by atoms with Crippen molar-refractivity contribution in [1.82, 2.24) is 0 Å². The van der Waals surface area contributed by atoms with E-state index in [9.17, 15) is 9.59 Å². The zero-order chi connectivity index (χ0) is 18.8. The van der Waals surface area contributed by atoms with Gasteiger partial charge in [-0.15, -0.1) is 0 Å². The van der Waals surface area contributed by atoms with E-state index in [1.165, 1.54) is 0 Å². The topological polar surface area (TPSA) is 161 Å². The quantitative estimate of drug-likeness (QED) is 0.368. The molecule has 13 heteroatoms. The molecule has 0 aliphatic heterocycles. The first-order valence-corrected chi connectivity index (χ1v) is 10.9. The molecule has 2 aromatic carbocycles. The van der Waals surface area contributed by atoms with Crippen LogP contribution in [0.2, 0.25) is 0 Å². The van der Waals surface area contributed by atoms with Crippen molar-refractivity contribution in [2.75, 3.05) is 0 Å². The summed E-state index contributed by atoms with van der Waals surface area (Å²) in [5.74, 6) is 0. The summed E-state index contributed by atoms with van der Waals surface area (Å²) < 4.78 is 25.4. The van der Waals surface area contributed by atoms with Gasteiger partial charge in [0.25, 0.3) is 0 Å². The Morgan fingerprint density at radius 2 is 0.840 bits per heavy atom. The molecule has 0 aliphatic carbocycles. The number of hydrogen-bond donors (Lipinski definition) is 2. The van der Waals surface area contributed by atoms with Crippen molar-refractivity contribution in [2.24, 2.45) is 0 Å². The van der Waals surface area contributed by atoms with E-state index in [1.807, 2.05) is 36.4 Å². The molecule has 136 valence electrons. The van der Waals surface area contributed by atoms with E-state index in [0.717, 1.165) is 0 Å². The molecule has 8 nitrogen and oxygen atoms in total. The zero-order valence-corrected chi connectivity index (χ0v) is 18.5. The average Bonchev–Trinajstić information content (AvgIpc) is 2.59.